The molecule has 7 nitrogen and oxygen atoms in total. The van der Waals surface area contributed by atoms with Crippen molar-refractivity contribution in [3.8, 4) is 0 Å². The maximum Gasteiger partial charge on any atom is 0.343 e. The molecule has 8 heteroatoms. The van der Waals surface area contributed by atoms with Gasteiger partial charge >= 0.3 is 5.97 Å². The van der Waals surface area contributed by atoms with Gasteiger partial charge in [0, 0.05) is 0 Å². The standard InChI is InChI=1S/C5H4N4.C4H8O3S/c1-4-5(8-2-6-1)9-3-7-4;1-2-8-4(7)3(5)6/h1-3H,(H,6,7,8,9);4,7H,2H2,1H3,(H,5,6). The Morgan fingerprint density at radius 1 is 1.59 bits per heavy atom. The molecule has 0 amide bonds. The molecule has 2 rings (SSSR count). The van der Waals surface area contributed by atoms with Crippen molar-refractivity contribution in [2.24, 2.45) is 0 Å². The highest BCUT2D eigenvalue weighted by Crippen LogP contribution is 2.05. The van der Waals surface area contributed by atoms with Crippen LogP contribution < -0.4 is 0 Å². The molecule has 0 aromatic carbocycles. The number of fused-ring (bicyclic) bond motifs is 1. The molecule has 0 aliphatic rings. The summed E-state index contributed by atoms with van der Waals surface area (Å²) in [6, 6.07) is 0. The molecule has 2 aromatic heterocycles. The topological polar surface area (TPSA) is 112 Å². The van der Waals surface area contributed by atoms with Crippen molar-refractivity contribution in [3.63, 3.8) is 0 Å². The maximum atomic E-state index is 9.82. The molecule has 0 bridgehead atoms. The van der Waals surface area contributed by atoms with Gasteiger partial charge < -0.3 is 15.2 Å². The monoisotopic (exact) mass is 256 g/mol. The van der Waals surface area contributed by atoms with E-state index in [4.69, 9.17) is 10.2 Å². The molecular weight excluding hydrogens is 244 g/mol. The largest absolute Gasteiger partial charge is 0.479 e. The normalized spacial score (nSPS) is 11.6. The third-order valence-corrected chi connectivity index (χ3v) is 2.48. The van der Waals surface area contributed by atoms with Crippen LogP contribution in [0.1, 0.15) is 6.92 Å². The van der Waals surface area contributed by atoms with Crippen LogP contribution in [0.15, 0.2) is 18.9 Å². The molecule has 3 N–H and O–H groups in total. The number of nitrogens with zero attached hydrogens (tertiary/aromatic N) is 3. The van der Waals surface area contributed by atoms with Crippen LogP contribution in [0.3, 0.4) is 0 Å². The lowest BCUT2D eigenvalue weighted by Crippen LogP contribution is -2.14. The average Bonchev–Trinajstić information content (AvgIpc) is 2.78. The number of hydrogen-bond donors (Lipinski definition) is 3. The van der Waals surface area contributed by atoms with Gasteiger partial charge in [0.15, 0.2) is 11.1 Å². The van der Waals surface area contributed by atoms with Crippen molar-refractivity contribution in [1.29, 1.82) is 0 Å². The summed E-state index contributed by atoms with van der Waals surface area (Å²) >= 11 is 0.995. The summed E-state index contributed by atoms with van der Waals surface area (Å²) in [6.07, 6.45) is 4.76. The molecule has 17 heavy (non-hydrogen) atoms. The third-order valence-electron chi connectivity index (χ3n) is 1.63. The molecule has 0 aliphatic heterocycles. The van der Waals surface area contributed by atoms with E-state index in [0.29, 0.717) is 11.4 Å². The minimum absolute atomic E-state index is 0.619. The Morgan fingerprint density at radius 2 is 2.35 bits per heavy atom. The average molecular weight is 256 g/mol. The van der Waals surface area contributed by atoms with Crippen molar-refractivity contribution < 1.29 is 15.0 Å². The van der Waals surface area contributed by atoms with Gasteiger partial charge in [-0.1, -0.05) is 6.92 Å². The van der Waals surface area contributed by atoms with Gasteiger partial charge in [0.1, 0.15) is 11.8 Å². The Hall–Kier alpha value is -1.67. The first kappa shape index (κ1) is 13.4. The van der Waals surface area contributed by atoms with Gasteiger partial charge in [-0.3, -0.25) is 0 Å². The number of carbonyl (C=O) groups is 1. The molecule has 92 valence electrons. The summed E-state index contributed by atoms with van der Waals surface area (Å²) in [5.74, 6) is -0.551. The molecule has 2 heterocycles. The van der Waals surface area contributed by atoms with Crippen molar-refractivity contribution in [2.75, 3.05) is 5.75 Å². The van der Waals surface area contributed by atoms with E-state index >= 15 is 0 Å². The highest BCUT2D eigenvalue weighted by molar-refractivity contribution is 8.00. The number of imidazole rings is 1. The molecule has 0 spiro atoms. The fourth-order valence-electron chi connectivity index (χ4n) is 0.920. The quantitative estimate of drug-likeness (QED) is 0.685. The minimum atomic E-state index is -1.25. The number of aliphatic carboxylic acids is 1. The highest BCUT2D eigenvalue weighted by Gasteiger charge is 2.10. The Morgan fingerprint density at radius 3 is 2.88 bits per heavy atom. The predicted octanol–water partition coefficient (Wildman–Crippen LogP) is 0.495. The number of carboxylic acids is 1. The van der Waals surface area contributed by atoms with Crippen LogP contribution in [0, 0.1) is 0 Å². The Bertz CT molecular complexity index is 446. The van der Waals surface area contributed by atoms with Gasteiger partial charge in [-0.2, -0.15) is 0 Å². The Labute approximate surface area is 101 Å². The molecule has 1 unspecified atom stereocenters. The first-order chi connectivity index (χ1) is 8.15. The lowest BCUT2D eigenvalue weighted by Gasteiger charge is -1.99. The van der Waals surface area contributed by atoms with E-state index in [0.717, 1.165) is 17.3 Å². The van der Waals surface area contributed by atoms with E-state index in [1.54, 1.807) is 19.4 Å². The summed E-state index contributed by atoms with van der Waals surface area (Å²) in [6.45, 7) is 1.79. The van der Waals surface area contributed by atoms with Crippen molar-refractivity contribution in [2.45, 2.75) is 12.4 Å². The van der Waals surface area contributed by atoms with Crippen LogP contribution in [-0.4, -0.2) is 47.3 Å². The van der Waals surface area contributed by atoms with E-state index < -0.39 is 11.4 Å². The molecule has 0 saturated heterocycles. The predicted molar refractivity (Wildman–Crippen MR) is 63.5 cm³/mol. The van der Waals surface area contributed by atoms with Crippen LogP contribution >= 0.6 is 11.8 Å². The Balaban J connectivity index is 0.000000172. The van der Waals surface area contributed by atoms with Crippen molar-refractivity contribution in [3.05, 3.63) is 18.9 Å². The summed E-state index contributed by atoms with van der Waals surface area (Å²) < 4.78 is 0. The number of thioether (sulfide) groups is 1. The zero-order valence-electron chi connectivity index (χ0n) is 9.07. The second-order valence-electron chi connectivity index (χ2n) is 2.81. The van der Waals surface area contributed by atoms with Gasteiger partial charge in [-0.25, -0.2) is 19.7 Å². The number of aliphatic hydroxyl groups is 1. The fourth-order valence-corrected chi connectivity index (χ4v) is 1.38. The number of nitrogens with one attached hydrogen (secondary N) is 1. The summed E-state index contributed by atoms with van der Waals surface area (Å²) in [5, 5.41) is 16.5. The molecule has 2 aromatic rings. The minimum Gasteiger partial charge on any atom is -0.479 e. The number of aromatic nitrogens is 4. The number of H-pyrrole nitrogens is 1. The molecule has 0 radical (unpaired) electrons. The lowest BCUT2D eigenvalue weighted by atomic mass is 10.6. The van der Waals surface area contributed by atoms with Crippen LogP contribution in [0.4, 0.5) is 0 Å². The number of rotatable bonds is 3. The van der Waals surface area contributed by atoms with E-state index in [1.807, 2.05) is 0 Å². The van der Waals surface area contributed by atoms with E-state index in [-0.39, 0.29) is 0 Å². The zero-order chi connectivity index (χ0) is 12.7. The number of aliphatic hydroxyl groups excluding tert-OH is 1. The van der Waals surface area contributed by atoms with E-state index in [9.17, 15) is 4.79 Å². The molecule has 0 saturated carbocycles. The van der Waals surface area contributed by atoms with Crippen LogP contribution in [0.25, 0.3) is 11.2 Å². The lowest BCUT2D eigenvalue weighted by molar-refractivity contribution is -0.141. The zero-order valence-corrected chi connectivity index (χ0v) is 9.89. The summed E-state index contributed by atoms with van der Waals surface area (Å²) in [7, 11) is 0. The fraction of sp³-hybridized carbons (Fsp3) is 0.333. The molecule has 0 aliphatic carbocycles. The number of aromatic amines is 1. The van der Waals surface area contributed by atoms with Gasteiger partial charge in [-0.05, 0) is 5.75 Å². The van der Waals surface area contributed by atoms with Gasteiger partial charge in [0.2, 0.25) is 0 Å². The second-order valence-corrected chi connectivity index (χ2v) is 4.17. The van der Waals surface area contributed by atoms with E-state index in [1.165, 1.54) is 6.33 Å². The number of carboxylic acid groups (broad SMARTS) is 1. The summed E-state index contributed by atoms with van der Waals surface area (Å²) in [5.41, 5.74) is 0.336. The SMILES string of the molecule is CCSC(O)C(=O)O.c1ncc2[nH]cnc2n1. The smallest absolute Gasteiger partial charge is 0.343 e. The van der Waals surface area contributed by atoms with Crippen molar-refractivity contribution >= 4 is 28.9 Å². The van der Waals surface area contributed by atoms with Gasteiger partial charge in [0.05, 0.1) is 12.5 Å². The molecular formula is C9H12N4O3S. The maximum absolute atomic E-state index is 9.82. The summed E-state index contributed by atoms with van der Waals surface area (Å²) in [4.78, 5) is 24.3. The van der Waals surface area contributed by atoms with E-state index in [2.05, 4.69) is 19.9 Å². The second kappa shape index (κ2) is 6.81. The first-order valence-corrected chi connectivity index (χ1v) is 5.81. The molecule has 1 atom stereocenters. The first-order valence-electron chi connectivity index (χ1n) is 4.76. The third kappa shape index (κ3) is 4.37. The van der Waals surface area contributed by atoms with Crippen molar-refractivity contribution in [1.82, 2.24) is 19.9 Å². The van der Waals surface area contributed by atoms with Gasteiger partial charge in [-0.15, -0.1) is 11.8 Å². The Kier molecular flexibility index (Phi) is 5.37. The highest BCUT2D eigenvalue weighted by atomic mass is 32.2. The molecule has 0 fully saturated rings. The van der Waals surface area contributed by atoms with Crippen LogP contribution in [0.2, 0.25) is 0 Å². The van der Waals surface area contributed by atoms with Crippen LogP contribution in [0.5, 0.6) is 0 Å². The number of hydrogen-bond acceptors (Lipinski definition) is 6. The van der Waals surface area contributed by atoms with Gasteiger partial charge in [0.25, 0.3) is 0 Å². The van der Waals surface area contributed by atoms with Crippen LogP contribution in [-0.2, 0) is 4.79 Å².